The summed E-state index contributed by atoms with van der Waals surface area (Å²) in [4.78, 5) is 6.41. The molecule has 1 unspecified atom stereocenters. The van der Waals surface area contributed by atoms with Crippen LogP contribution in [0.1, 0.15) is 11.6 Å². The average Bonchev–Trinajstić information content (AvgIpc) is 2.16. The van der Waals surface area contributed by atoms with Crippen LogP contribution in [-0.2, 0) is 0 Å². The molecule has 5 nitrogen and oxygen atoms in total. The Balaban J connectivity index is 2.91. The Bertz CT molecular complexity index is 320. The van der Waals surface area contributed by atoms with Crippen molar-refractivity contribution in [2.24, 2.45) is 5.11 Å². The van der Waals surface area contributed by atoms with Crippen LogP contribution < -0.4 is 0 Å². The van der Waals surface area contributed by atoms with Gasteiger partial charge in [0.15, 0.2) is 0 Å². The summed E-state index contributed by atoms with van der Waals surface area (Å²) in [5, 5.41) is 12.6. The van der Waals surface area contributed by atoms with Gasteiger partial charge in [-0.05, 0) is 17.2 Å². The van der Waals surface area contributed by atoms with E-state index in [9.17, 15) is 0 Å². The van der Waals surface area contributed by atoms with Crippen LogP contribution in [0.2, 0.25) is 5.15 Å². The minimum absolute atomic E-state index is 0.243. The van der Waals surface area contributed by atoms with Crippen LogP contribution in [0.25, 0.3) is 10.4 Å². The number of azide groups is 1. The fraction of sp³-hybridized carbons (Fsp3) is 0.286. The molecule has 1 aromatic rings. The Labute approximate surface area is 79.6 Å². The molecule has 0 saturated heterocycles. The fourth-order valence-electron chi connectivity index (χ4n) is 0.855. The monoisotopic (exact) mass is 198 g/mol. The van der Waals surface area contributed by atoms with Crippen molar-refractivity contribution in [1.82, 2.24) is 4.98 Å². The van der Waals surface area contributed by atoms with E-state index in [2.05, 4.69) is 15.0 Å². The standard InChI is InChI=1S/C7H7ClN4O/c8-7-2-1-5(3-10-7)6(4-13)11-12-9/h1-3,6,13H,4H2. The third-order valence-electron chi connectivity index (χ3n) is 1.50. The maximum Gasteiger partial charge on any atom is 0.129 e. The smallest absolute Gasteiger partial charge is 0.129 e. The first-order valence-electron chi connectivity index (χ1n) is 3.54. The molecule has 0 radical (unpaired) electrons. The van der Waals surface area contributed by atoms with Crippen molar-refractivity contribution < 1.29 is 5.11 Å². The van der Waals surface area contributed by atoms with E-state index in [4.69, 9.17) is 22.2 Å². The molecule has 0 saturated carbocycles. The topological polar surface area (TPSA) is 81.9 Å². The number of nitrogens with zero attached hydrogens (tertiary/aromatic N) is 4. The SMILES string of the molecule is [N-]=[N+]=NC(CO)c1ccc(Cl)nc1. The summed E-state index contributed by atoms with van der Waals surface area (Å²) in [5.41, 5.74) is 8.83. The van der Waals surface area contributed by atoms with Crippen molar-refractivity contribution in [3.63, 3.8) is 0 Å². The third kappa shape index (κ3) is 2.59. The van der Waals surface area contributed by atoms with Gasteiger partial charge in [-0.15, -0.1) is 0 Å². The van der Waals surface area contributed by atoms with Crippen molar-refractivity contribution in [3.8, 4) is 0 Å². The van der Waals surface area contributed by atoms with Gasteiger partial charge in [0.1, 0.15) is 5.15 Å². The molecule has 0 fully saturated rings. The number of aromatic nitrogens is 1. The maximum absolute atomic E-state index is 8.85. The molecule has 13 heavy (non-hydrogen) atoms. The molecule has 0 aromatic carbocycles. The molecule has 6 heteroatoms. The zero-order valence-electron chi connectivity index (χ0n) is 6.63. The second-order valence-electron chi connectivity index (χ2n) is 2.32. The normalized spacial score (nSPS) is 11.8. The van der Waals surface area contributed by atoms with E-state index in [1.165, 1.54) is 6.20 Å². The van der Waals surface area contributed by atoms with Gasteiger partial charge in [-0.1, -0.05) is 22.8 Å². The van der Waals surface area contributed by atoms with Gasteiger partial charge in [-0.3, -0.25) is 0 Å². The van der Waals surface area contributed by atoms with Gasteiger partial charge in [0, 0.05) is 11.1 Å². The summed E-state index contributed by atoms with van der Waals surface area (Å²) in [6.45, 7) is -0.243. The molecule has 0 amide bonds. The summed E-state index contributed by atoms with van der Waals surface area (Å²) in [6, 6.07) is 2.65. The van der Waals surface area contributed by atoms with E-state index in [1.807, 2.05) is 0 Å². The first-order chi connectivity index (χ1) is 6.27. The molecule has 1 N–H and O–H groups in total. The Kier molecular flexibility index (Phi) is 3.52. The second kappa shape index (κ2) is 4.67. The van der Waals surface area contributed by atoms with Gasteiger partial charge in [0.25, 0.3) is 0 Å². The van der Waals surface area contributed by atoms with Crippen LogP contribution >= 0.6 is 11.6 Å². The molecule has 1 rings (SSSR count). The lowest BCUT2D eigenvalue weighted by molar-refractivity contribution is 0.267. The molecule has 0 aliphatic carbocycles. The maximum atomic E-state index is 8.85. The zero-order chi connectivity index (χ0) is 9.68. The lowest BCUT2D eigenvalue weighted by Gasteiger charge is -2.06. The highest BCUT2D eigenvalue weighted by Crippen LogP contribution is 2.17. The van der Waals surface area contributed by atoms with Crippen molar-refractivity contribution in [3.05, 3.63) is 39.5 Å². The highest BCUT2D eigenvalue weighted by Gasteiger charge is 2.07. The Morgan fingerprint density at radius 1 is 1.69 bits per heavy atom. The molecule has 0 aliphatic rings. The molecular weight excluding hydrogens is 192 g/mol. The van der Waals surface area contributed by atoms with Crippen LogP contribution in [0.4, 0.5) is 0 Å². The summed E-state index contributed by atoms with van der Waals surface area (Å²) in [5.74, 6) is 0. The van der Waals surface area contributed by atoms with Crippen LogP contribution in [0, 0.1) is 0 Å². The van der Waals surface area contributed by atoms with Crippen LogP contribution in [-0.4, -0.2) is 16.7 Å². The summed E-state index contributed by atoms with van der Waals surface area (Å²) in [7, 11) is 0. The first kappa shape index (κ1) is 9.80. The number of pyridine rings is 1. The molecule has 1 atom stereocenters. The summed E-state index contributed by atoms with van der Waals surface area (Å²) >= 11 is 5.56. The van der Waals surface area contributed by atoms with Gasteiger partial charge in [0.05, 0.1) is 12.6 Å². The Morgan fingerprint density at radius 3 is 2.92 bits per heavy atom. The van der Waals surface area contributed by atoms with Crippen molar-refractivity contribution in [2.45, 2.75) is 6.04 Å². The number of aliphatic hydroxyl groups excluding tert-OH is 1. The highest BCUT2D eigenvalue weighted by atomic mass is 35.5. The van der Waals surface area contributed by atoms with Crippen molar-refractivity contribution >= 4 is 11.6 Å². The van der Waals surface area contributed by atoms with Gasteiger partial charge in [0.2, 0.25) is 0 Å². The highest BCUT2D eigenvalue weighted by molar-refractivity contribution is 6.29. The minimum Gasteiger partial charge on any atom is -0.396 e. The number of halogens is 1. The zero-order valence-corrected chi connectivity index (χ0v) is 7.39. The summed E-state index contributed by atoms with van der Waals surface area (Å²) < 4.78 is 0. The van der Waals surface area contributed by atoms with E-state index < -0.39 is 6.04 Å². The van der Waals surface area contributed by atoms with Crippen LogP contribution in [0.15, 0.2) is 23.4 Å². The van der Waals surface area contributed by atoms with Crippen LogP contribution in [0.3, 0.4) is 0 Å². The molecular formula is C7H7ClN4O. The minimum atomic E-state index is -0.588. The Morgan fingerprint density at radius 2 is 2.46 bits per heavy atom. The quantitative estimate of drug-likeness (QED) is 0.349. The molecule has 0 aliphatic heterocycles. The predicted octanol–water partition coefficient (Wildman–Crippen LogP) is 2.08. The lowest BCUT2D eigenvalue weighted by Crippen LogP contribution is -2.00. The van der Waals surface area contributed by atoms with E-state index >= 15 is 0 Å². The number of hydrogen-bond acceptors (Lipinski definition) is 3. The first-order valence-corrected chi connectivity index (χ1v) is 3.92. The van der Waals surface area contributed by atoms with Crippen LogP contribution in [0.5, 0.6) is 0 Å². The van der Waals surface area contributed by atoms with Gasteiger partial charge in [-0.2, -0.15) is 0 Å². The molecule has 1 heterocycles. The van der Waals surface area contributed by atoms with Crippen molar-refractivity contribution in [2.75, 3.05) is 6.61 Å². The predicted molar refractivity (Wildman–Crippen MR) is 48.2 cm³/mol. The number of rotatable bonds is 3. The van der Waals surface area contributed by atoms with Gasteiger partial charge >= 0.3 is 0 Å². The van der Waals surface area contributed by atoms with E-state index in [1.54, 1.807) is 12.1 Å². The van der Waals surface area contributed by atoms with Gasteiger partial charge in [-0.25, -0.2) is 4.98 Å². The third-order valence-corrected chi connectivity index (χ3v) is 1.72. The number of hydrogen-bond donors (Lipinski definition) is 1. The van der Waals surface area contributed by atoms with Gasteiger partial charge < -0.3 is 5.11 Å². The van der Waals surface area contributed by atoms with E-state index in [-0.39, 0.29) is 6.61 Å². The van der Waals surface area contributed by atoms with Crippen molar-refractivity contribution in [1.29, 1.82) is 0 Å². The average molecular weight is 199 g/mol. The van der Waals surface area contributed by atoms with E-state index in [0.717, 1.165) is 0 Å². The number of aliphatic hydroxyl groups is 1. The molecule has 1 aromatic heterocycles. The molecule has 0 bridgehead atoms. The van der Waals surface area contributed by atoms with E-state index in [0.29, 0.717) is 10.7 Å². The lowest BCUT2D eigenvalue weighted by atomic mass is 10.1. The molecule has 0 spiro atoms. The fourth-order valence-corrected chi connectivity index (χ4v) is 0.967. The summed E-state index contributed by atoms with van der Waals surface area (Å²) in [6.07, 6.45) is 1.47. The second-order valence-corrected chi connectivity index (χ2v) is 2.70. The molecule has 68 valence electrons. The Hall–Kier alpha value is -1.29. The largest absolute Gasteiger partial charge is 0.396 e.